The Morgan fingerprint density at radius 2 is 2.44 bits per heavy atom. The minimum absolute atomic E-state index is 0.597. The zero-order chi connectivity index (χ0) is 11.2. The standard InChI is InChI=1S/C13H16N2O/c14-8-11-3-1-5-13(7-11)16-10-12-4-2-6-15-9-12/h1,3,5,7,12,15H,2,4,6,9-10H2. The summed E-state index contributed by atoms with van der Waals surface area (Å²) in [6, 6.07) is 9.44. The lowest BCUT2D eigenvalue weighted by atomic mass is 10.0. The second-order valence-electron chi connectivity index (χ2n) is 4.16. The number of rotatable bonds is 3. The number of hydrogen-bond donors (Lipinski definition) is 1. The maximum atomic E-state index is 8.76. The summed E-state index contributed by atoms with van der Waals surface area (Å²) in [5.41, 5.74) is 0.652. The average molecular weight is 216 g/mol. The highest BCUT2D eigenvalue weighted by atomic mass is 16.5. The molecule has 1 saturated heterocycles. The van der Waals surface area contributed by atoms with Gasteiger partial charge in [-0.2, -0.15) is 5.26 Å². The lowest BCUT2D eigenvalue weighted by Crippen LogP contribution is -2.33. The van der Waals surface area contributed by atoms with Crippen LogP contribution in [0.4, 0.5) is 0 Å². The van der Waals surface area contributed by atoms with Crippen molar-refractivity contribution in [3.8, 4) is 11.8 Å². The summed E-state index contributed by atoms with van der Waals surface area (Å²) in [7, 11) is 0. The van der Waals surface area contributed by atoms with Crippen molar-refractivity contribution in [3.63, 3.8) is 0 Å². The molecule has 0 saturated carbocycles. The quantitative estimate of drug-likeness (QED) is 0.839. The maximum absolute atomic E-state index is 8.76. The third kappa shape index (κ3) is 2.98. The SMILES string of the molecule is N#Cc1cccc(OCC2CCCNC2)c1. The lowest BCUT2D eigenvalue weighted by Gasteiger charge is -2.22. The van der Waals surface area contributed by atoms with E-state index >= 15 is 0 Å². The summed E-state index contributed by atoms with van der Waals surface area (Å²) in [5, 5.41) is 12.1. The topological polar surface area (TPSA) is 45.0 Å². The van der Waals surface area contributed by atoms with Crippen molar-refractivity contribution in [3.05, 3.63) is 29.8 Å². The molecular weight excluding hydrogens is 200 g/mol. The third-order valence-electron chi connectivity index (χ3n) is 2.85. The van der Waals surface area contributed by atoms with E-state index in [0.717, 1.165) is 25.4 Å². The Hall–Kier alpha value is -1.53. The van der Waals surface area contributed by atoms with Gasteiger partial charge < -0.3 is 10.1 Å². The molecule has 0 amide bonds. The van der Waals surface area contributed by atoms with Crippen LogP contribution in [0.5, 0.6) is 5.75 Å². The Morgan fingerprint density at radius 1 is 1.50 bits per heavy atom. The summed E-state index contributed by atoms with van der Waals surface area (Å²) < 4.78 is 5.70. The van der Waals surface area contributed by atoms with Gasteiger partial charge >= 0.3 is 0 Å². The van der Waals surface area contributed by atoms with Crippen molar-refractivity contribution in [1.82, 2.24) is 5.32 Å². The molecule has 84 valence electrons. The number of ether oxygens (including phenoxy) is 1. The average Bonchev–Trinajstić information content (AvgIpc) is 2.38. The van der Waals surface area contributed by atoms with Gasteiger partial charge in [0.25, 0.3) is 0 Å². The fourth-order valence-electron chi connectivity index (χ4n) is 1.94. The van der Waals surface area contributed by atoms with E-state index in [1.807, 2.05) is 12.1 Å². The van der Waals surface area contributed by atoms with Gasteiger partial charge in [0.2, 0.25) is 0 Å². The van der Waals surface area contributed by atoms with Crippen LogP contribution in [-0.4, -0.2) is 19.7 Å². The van der Waals surface area contributed by atoms with Crippen molar-refractivity contribution >= 4 is 0 Å². The van der Waals surface area contributed by atoms with Gasteiger partial charge in [0, 0.05) is 12.5 Å². The molecule has 2 rings (SSSR count). The first-order valence-corrected chi connectivity index (χ1v) is 5.72. The van der Waals surface area contributed by atoms with Gasteiger partial charge in [0.15, 0.2) is 0 Å². The molecule has 0 radical (unpaired) electrons. The van der Waals surface area contributed by atoms with Crippen molar-refractivity contribution in [2.45, 2.75) is 12.8 Å². The minimum atomic E-state index is 0.597. The summed E-state index contributed by atoms with van der Waals surface area (Å²) in [5.74, 6) is 1.39. The largest absolute Gasteiger partial charge is 0.493 e. The first-order valence-electron chi connectivity index (χ1n) is 5.72. The van der Waals surface area contributed by atoms with Crippen LogP contribution in [0.3, 0.4) is 0 Å². The number of benzene rings is 1. The summed E-state index contributed by atoms with van der Waals surface area (Å²) in [6.45, 7) is 2.90. The molecule has 1 aliphatic rings. The number of piperidine rings is 1. The van der Waals surface area contributed by atoms with Crippen LogP contribution in [0.25, 0.3) is 0 Å². The van der Waals surface area contributed by atoms with E-state index in [-0.39, 0.29) is 0 Å². The molecule has 1 aromatic rings. The predicted molar refractivity (Wildman–Crippen MR) is 62.2 cm³/mol. The normalized spacial score (nSPS) is 20.1. The first-order chi connectivity index (χ1) is 7.88. The van der Waals surface area contributed by atoms with Crippen LogP contribution in [0.15, 0.2) is 24.3 Å². The number of nitrogens with one attached hydrogen (secondary N) is 1. The van der Waals surface area contributed by atoms with E-state index in [1.54, 1.807) is 12.1 Å². The van der Waals surface area contributed by atoms with E-state index < -0.39 is 0 Å². The minimum Gasteiger partial charge on any atom is -0.493 e. The monoisotopic (exact) mass is 216 g/mol. The van der Waals surface area contributed by atoms with Crippen molar-refractivity contribution in [2.24, 2.45) is 5.92 Å². The van der Waals surface area contributed by atoms with Crippen LogP contribution in [-0.2, 0) is 0 Å². The van der Waals surface area contributed by atoms with Crippen LogP contribution in [0.2, 0.25) is 0 Å². The summed E-state index contributed by atoms with van der Waals surface area (Å²) in [6.07, 6.45) is 2.46. The highest BCUT2D eigenvalue weighted by Gasteiger charge is 2.13. The molecule has 0 bridgehead atoms. The Morgan fingerprint density at radius 3 is 3.19 bits per heavy atom. The first kappa shape index (κ1) is 11.0. The van der Waals surface area contributed by atoms with E-state index in [2.05, 4.69) is 11.4 Å². The highest BCUT2D eigenvalue weighted by molar-refractivity contribution is 5.36. The molecule has 1 fully saturated rings. The second-order valence-corrected chi connectivity index (χ2v) is 4.16. The van der Waals surface area contributed by atoms with Gasteiger partial charge in [-0.05, 0) is 37.6 Å². The molecule has 1 N–H and O–H groups in total. The molecule has 1 atom stereocenters. The van der Waals surface area contributed by atoms with E-state index in [1.165, 1.54) is 12.8 Å². The Labute approximate surface area is 96.0 Å². The molecular formula is C13H16N2O. The molecule has 0 aliphatic carbocycles. The Kier molecular flexibility index (Phi) is 3.79. The maximum Gasteiger partial charge on any atom is 0.120 e. The fourth-order valence-corrected chi connectivity index (χ4v) is 1.94. The van der Waals surface area contributed by atoms with E-state index in [9.17, 15) is 0 Å². The Balaban J connectivity index is 1.86. The zero-order valence-corrected chi connectivity index (χ0v) is 9.28. The van der Waals surface area contributed by atoms with Crippen molar-refractivity contribution < 1.29 is 4.74 Å². The van der Waals surface area contributed by atoms with Gasteiger partial charge in [-0.15, -0.1) is 0 Å². The van der Waals surface area contributed by atoms with E-state index in [4.69, 9.17) is 10.00 Å². The van der Waals surface area contributed by atoms with Crippen LogP contribution >= 0.6 is 0 Å². The molecule has 0 aromatic heterocycles. The van der Waals surface area contributed by atoms with Crippen LogP contribution in [0.1, 0.15) is 18.4 Å². The smallest absolute Gasteiger partial charge is 0.120 e. The highest BCUT2D eigenvalue weighted by Crippen LogP contribution is 2.16. The number of hydrogen-bond acceptors (Lipinski definition) is 3. The zero-order valence-electron chi connectivity index (χ0n) is 9.28. The molecule has 3 heteroatoms. The second kappa shape index (κ2) is 5.53. The molecule has 0 spiro atoms. The number of nitrogens with zero attached hydrogens (tertiary/aromatic N) is 1. The molecule has 1 aromatic carbocycles. The van der Waals surface area contributed by atoms with Gasteiger partial charge in [-0.3, -0.25) is 0 Å². The van der Waals surface area contributed by atoms with Crippen molar-refractivity contribution in [2.75, 3.05) is 19.7 Å². The molecule has 1 heterocycles. The molecule has 1 unspecified atom stereocenters. The lowest BCUT2D eigenvalue weighted by molar-refractivity contribution is 0.218. The molecule has 1 aliphatic heterocycles. The van der Waals surface area contributed by atoms with Gasteiger partial charge in [-0.1, -0.05) is 6.07 Å². The van der Waals surface area contributed by atoms with Gasteiger partial charge in [0.05, 0.1) is 18.2 Å². The summed E-state index contributed by atoms with van der Waals surface area (Å²) >= 11 is 0. The van der Waals surface area contributed by atoms with Crippen molar-refractivity contribution in [1.29, 1.82) is 5.26 Å². The van der Waals surface area contributed by atoms with Crippen LogP contribution < -0.4 is 10.1 Å². The number of nitriles is 1. The van der Waals surface area contributed by atoms with Crippen LogP contribution in [0, 0.1) is 17.2 Å². The van der Waals surface area contributed by atoms with E-state index in [0.29, 0.717) is 11.5 Å². The summed E-state index contributed by atoms with van der Waals surface area (Å²) in [4.78, 5) is 0. The van der Waals surface area contributed by atoms with Gasteiger partial charge in [0.1, 0.15) is 5.75 Å². The third-order valence-corrected chi connectivity index (χ3v) is 2.85. The Bertz CT molecular complexity index is 378. The predicted octanol–water partition coefficient (Wildman–Crippen LogP) is 1.94. The molecule has 16 heavy (non-hydrogen) atoms. The molecule has 3 nitrogen and oxygen atoms in total. The fraction of sp³-hybridized carbons (Fsp3) is 0.462. The van der Waals surface area contributed by atoms with Gasteiger partial charge in [-0.25, -0.2) is 0 Å².